The molecule has 1 aliphatic rings. The predicted molar refractivity (Wildman–Crippen MR) is 145 cm³/mol. The molecule has 1 aliphatic heterocycles. The topological polar surface area (TPSA) is 67.2 Å². The van der Waals surface area contributed by atoms with Crippen molar-refractivity contribution in [2.75, 3.05) is 19.6 Å². The van der Waals surface area contributed by atoms with Gasteiger partial charge in [0.2, 0.25) is 11.8 Å². The molecule has 2 heterocycles. The minimum atomic E-state index is 0.120. The number of carbonyl (C=O) groups is 2. The summed E-state index contributed by atoms with van der Waals surface area (Å²) in [5, 5.41) is 3.05. The largest absolute Gasteiger partial charge is 0.356 e. The van der Waals surface area contributed by atoms with Crippen molar-refractivity contribution in [1.29, 1.82) is 0 Å². The second kappa shape index (κ2) is 13.8. The van der Waals surface area contributed by atoms with Crippen molar-refractivity contribution in [3.8, 4) is 0 Å². The van der Waals surface area contributed by atoms with Gasteiger partial charge < -0.3 is 14.8 Å². The van der Waals surface area contributed by atoms with Crippen molar-refractivity contribution in [3.05, 3.63) is 66.0 Å². The highest BCUT2D eigenvalue weighted by Crippen LogP contribution is 2.19. The fourth-order valence-electron chi connectivity index (χ4n) is 5.06. The molecule has 0 radical (unpaired) electrons. The first kappa shape index (κ1) is 25.9. The number of benzene rings is 2. The fourth-order valence-corrected chi connectivity index (χ4v) is 5.06. The summed E-state index contributed by atoms with van der Waals surface area (Å²) in [6.07, 6.45) is 10.5. The number of para-hydroxylation sites is 2. The lowest BCUT2D eigenvalue weighted by molar-refractivity contribution is -0.131. The number of rotatable bonds is 12. The van der Waals surface area contributed by atoms with Crippen LogP contribution in [0.5, 0.6) is 0 Å². The standard InChI is InChI=1S/C30H40N4O2/c35-29(19-18-25-13-5-3-6-14-25)31-21-10-4-7-17-28-32-26-15-8-9-16-27(26)34(28)24-20-30(36)33-22-11-1-2-12-23-33/h3,5-6,8-9,13-16H,1-2,4,7,10-12,17-24H2,(H,31,35). The van der Waals surface area contributed by atoms with E-state index in [-0.39, 0.29) is 11.8 Å². The molecule has 0 saturated carbocycles. The van der Waals surface area contributed by atoms with E-state index in [1.807, 2.05) is 30.3 Å². The number of hydrogen-bond donors (Lipinski definition) is 1. The number of amides is 2. The fraction of sp³-hybridized carbons (Fsp3) is 0.500. The van der Waals surface area contributed by atoms with E-state index >= 15 is 0 Å². The Morgan fingerprint density at radius 3 is 2.36 bits per heavy atom. The summed E-state index contributed by atoms with van der Waals surface area (Å²) < 4.78 is 2.25. The second-order valence-corrected chi connectivity index (χ2v) is 9.86. The number of hydrogen-bond acceptors (Lipinski definition) is 3. The maximum atomic E-state index is 12.9. The van der Waals surface area contributed by atoms with Gasteiger partial charge in [0.1, 0.15) is 5.82 Å². The van der Waals surface area contributed by atoms with Gasteiger partial charge in [0, 0.05) is 45.4 Å². The van der Waals surface area contributed by atoms with Crippen LogP contribution in [-0.4, -0.2) is 45.9 Å². The van der Waals surface area contributed by atoms with Crippen LogP contribution in [0.3, 0.4) is 0 Å². The van der Waals surface area contributed by atoms with E-state index in [1.54, 1.807) is 0 Å². The summed E-state index contributed by atoms with van der Waals surface area (Å²) in [6.45, 7) is 3.20. The van der Waals surface area contributed by atoms with Gasteiger partial charge in [0.15, 0.2) is 0 Å². The van der Waals surface area contributed by atoms with E-state index in [2.05, 4.69) is 39.0 Å². The van der Waals surface area contributed by atoms with Gasteiger partial charge in [-0.2, -0.15) is 0 Å². The summed E-state index contributed by atoms with van der Waals surface area (Å²) >= 11 is 0. The Hall–Kier alpha value is -3.15. The number of nitrogens with one attached hydrogen (secondary N) is 1. The molecule has 1 saturated heterocycles. The van der Waals surface area contributed by atoms with Crippen LogP contribution >= 0.6 is 0 Å². The molecule has 4 rings (SSSR count). The molecule has 36 heavy (non-hydrogen) atoms. The average molecular weight is 489 g/mol. The summed E-state index contributed by atoms with van der Waals surface area (Å²) in [5.41, 5.74) is 3.31. The van der Waals surface area contributed by atoms with Crippen LogP contribution in [0.4, 0.5) is 0 Å². The molecule has 0 atom stereocenters. The number of fused-ring (bicyclic) bond motifs is 1. The Bertz CT molecular complexity index is 1100. The molecule has 192 valence electrons. The zero-order chi connectivity index (χ0) is 25.0. The molecule has 2 aromatic carbocycles. The number of imidazole rings is 1. The first-order valence-corrected chi connectivity index (χ1v) is 13.7. The number of aromatic nitrogens is 2. The zero-order valence-electron chi connectivity index (χ0n) is 21.5. The number of aryl methyl sites for hydroxylation is 3. The molecular weight excluding hydrogens is 448 g/mol. The lowest BCUT2D eigenvalue weighted by atomic mass is 10.1. The van der Waals surface area contributed by atoms with Crippen LogP contribution in [0.2, 0.25) is 0 Å². The Morgan fingerprint density at radius 2 is 1.56 bits per heavy atom. The van der Waals surface area contributed by atoms with E-state index in [0.29, 0.717) is 25.9 Å². The van der Waals surface area contributed by atoms with Crippen molar-refractivity contribution in [2.45, 2.75) is 77.2 Å². The van der Waals surface area contributed by atoms with Crippen molar-refractivity contribution < 1.29 is 9.59 Å². The van der Waals surface area contributed by atoms with Gasteiger partial charge in [0.05, 0.1) is 11.0 Å². The van der Waals surface area contributed by atoms with Gasteiger partial charge in [-0.15, -0.1) is 0 Å². The van der Waals surface area contributed by atoms with Gasteiger partial charge in [-0.25, -0.2) is 4.98 Å². The van der Waals surface area contributed by atoms with E-state index in [0.717, 1.165) is 74.9 Å². The van der Waals surface area contributed by atoms with Crippen LogP contribution in [0, 0.1) is 0 Å². The molecule has 1 fully saturated rings. The quantitative estimate of drug-likeness (QED) is 0.352. The van der Waals surface area contributed by atoms with E-state index in [4.69, 9.17) is 4.98 Å². The highest BCUT2D eigenvalue weighted by molar-refractivity contribution is 5.78. The minimum absolute atomic E-state index is 0.120. The minimum Gasteiger partial charge on any atom is -0.356 e. The predicted octanol–water partition coefficient (Wildman–Crippen LogP) is 5.29. The van der Waals surface area contributed by atoms with Gasteiger partial charge in [-0.05, 0) is 49.8 Å². The normalized spacial score (nSPS) is 14.1. The molecule has 6 nitrogen and oxygen atoms in total. The highest BCUT2D eigenvalue weighted by atomic mass is 16.2. The second-order valence-electron chi connectivity index (χ2n) is 9.86. The lowest BCUT2D eigenvalue weighted by Crippen LogP contribution is -2.32. The number of likely N-dealkylation sites (tertiary alicyclic amines) is 1. The molecule has 1 N–H and O–H groups in total. The third-order valence-electron chi connectivity index (χ3n) is 7.12. The van der Waals surface area contributed by atoms with Crippen LogP contribution in [-0.2, 0) is 29.0 Å². The van der Waals surface area contributed by atoms with Gasteiger partial charge in [-0.3, -0.25) is 9.59 Å². The third kappa shape index (κ3) is 7.67. The summed E-state index contributed by atoms with van der Waals surface area (Å²) in [4.78, 5) is 31.9. The lowest BCUT2D eigenvalue weighted by Gasteiger charge is -2.20. The molecule has 0 aliphatic carbocycles. The number of carbonyl (C=O) groups excluding carboxylic acids is 2. The first-order chi connectivity index (χ1) is 17.7. The van der Waals surface area contributed by atoms with Crippen LogP contribution in [0.15, 0.2) is 54.6 Å². The van der Waals surface area contributed by atoms with Crippen molar-refractivity contribution >= 4 is 22.8 Å². The Labute approximate surface area is 215 Å². The summed E-state index contributed by atoms with van der Waals surface area (Å²) in [6, 6.07) is 18.4. The Kier molecular flexibility index (Phi) is 9.95. The van der Waals surface area contributed by atoms with Crippen LogP contribution < -0.4 is 5.32 Å². The van der Waals surface area contributed by atoms with Crippen molar-refractivity contribution in [1.82, 2.24) is 19.8 Å². The number of nitrogens with zero attached hydrogens (tertiary/aromatic N) is 3. The molecular formula is C30H40N4O2. The number of unbranched alkanes of at least 4 members (excludes halogenated alkanes) is 2. The van der Waals surface area contributed by atoms with E-state index in [1.165, 1.54) is 18.4 Å². The van der Waals surface area contributed by atoms with E-state index < -0.39 is 0 Å². The Morgan fingerprint density at radius 1 is 0.806 bits per heavy atom. The van der Waals surface area contributed by atoms with Gasteiger partial charge in [-0.1, -0.05) is 61.7 Å². The highest BCUT2D eigenvalue weighted by Gasteiger charge is 2.17. The maximum Gasteiger partial charge on any atom is 0.224 e. The third-order valence-corrected chi connectivity index (χ3v) is 7.12. The SMILES string of the molecule is O=C(CCc1ccccc1)NCCCCCc1nc2ccccc2n1CCC(=O)N1CCCCCC1. The molecule has 0 spiro atoms. The van der Waals surface area contributed by atoms with Gasteiger partial charge in [0.25, 0.3) is 0 Å². The smallest absolute Gasteiger partial charge is 0.224 e. The van der Waals surface area contributed by atoms with E-state index in [9.17, 15) is 9.59 Å². The molecule has 0 unspecified atom stereocenters. The average Bonchev–Trinajstić information content (AvgIpc) is 3.05. The molecule has 6 heteroatoms. The monoisotopic (exact) mass is 488 g/mol. The molecule has 3 aromatic rings. The van der Waals surface area contributed by atoms with Crippen molar-refractivity contribution in [2.24, 2.45) is 0 Å². The van der Waals surface area contributed by atoms with Crippen LogP contribution in [0.25, 0.3) is 11.0 Å². The summed E-state index contributed by atoms with van der Waals surface area (Å²) in [5.74, 6) is 1.45. The first-order valence-electron chi connectivity index (χ1n) is 13.7. The zero-order valence-corrected chi connectivity index (χ0v) is 21.5. The summed E-state index contributed by atoms with van der Waals surface area (Å²) in [7, 11) is 0. The molecule has 0 bridgehead atoms. The maximum absolute atomic E-state index is 12.9. The molecule has 2 amide bonds. The van der Waals surface area contributed by atoms with Crippen molar-refractivity contribution in [3.63, 3.8) is 0 Å². The van der Waals surface area contributed by atoms with Crippen LogP contribution in [0.1, 0.15) is 69.2 Å². The van der Waals surface area contributed by atoms with Gasteiger partial charge >= 0.3 is 0 Å². The Balaban J connectivity index is 1.21. The molecule has 1 aromatic heterocycles.